The van der Waals surface area contributed by atoms with Crippen LogP contribution in [0.1, 0.15) is 40.7 Å². The topological polar surface area (TPSA) is 82.5 Å². The van der Waals surface area contributed by atoms with Crippen molar-refractivity contribution < 1.29 is 14.3 Å². The second-order valence-electron chi connectivity index (χ2n) is 6.67. The van der Waals surface area contributed by atoms with Crippen LogP contribution in [-0.4, -0.2) is 28.7 Å². The molecule has 0 aliphatic carbocycles. The van der Waals surface area contributed by atoms with E-state index in [2.05, 4.69) is 10.3 Å². The molecule has 1 atom stereocenters. The number of carbonyl (C=O) groups excluding carboxylic acids is 1. The summed E-state index contributed by atoms with van der Waals surface area (Å²) in [6.45, 7) is 7.19. The molecule has 1 aliphatic heterocycles. The van der Waals surface area contributed by atoms with Gasteiger partial charge in [0.25, 0.3) is 11.5 Å². The van der Waals surface area contributed by atoms with E-state index in [9.17, 15) is 9.59 Å². The van der Waals surface area contributed by atoms with E-state index in [4.69, 9.17) is 9.47 Å². The number of carbonyl (C=O) groups is 1. The zero-order chi connectivity index (χ0) is 19.8. The fourth-order valence-electron chi connectivity index (χ4n) is 3.28. The van der Waals surface area contributed by atoms with Gasteiger partial charge in [-0.2, -0.15) is 0 Å². The van der Waals surface area contributed by atoms with Crippen LogP contribution in [-0.2, 0) is 6.54 Å². The molecule has 8 heteroatoms. The van der Waals surface area contributed by atoms with Crippen molar-refractivity contribution in [1.29, 1.82) is 0 Å². The largest absolute Gasteiger partial charge is 0.486 e. The molecule has 3 aromatic rings. The van der Waals surface area contributed by atoms with Gasteiger partial charge in [-0.3, -0.25) is 14.2 Å². The minimum atomic E-state index is -0.229. The third kappa shape index (κ3) is 3.13. The number of hydrogen-bond acceptors (Lipinski definition) is 6. The molecule has 0 saturated carbocycles. The van der Waals surface area contributed by atoms with Crippen LogP contribution < -0.4 is 20.3 Å². The fourth-order valence-corrected chi connectivity index (χ4v) is 4.32. The number of thiophene rings is 1. The molecule has 1 aromatic carbocycles. The number of nitrogens with one attached hydrogen (secondary N) is 1. The fraction of sp³-hybridized carbons (Fsp3) is 0.350. The Labute approximate surface area is 165 Å². The van der Waals surface area contributed by atoms with Gasteiger partial charge < -0.3 is 14.8 Å². The van der Waals surface area contributed by atoms with Crippen molar-refractivity contribution in [3.05, 3.63) is 50.9 Å². The maximum Gasteiger partial charge on any atom is 0.262 e. The number of benzene rings is 1. The summed E-state index contributed by atoms with van der Waals surface area (Å²) >= 11 is 1.24. The Morgan fingerprint density at radius 2 is 2.07 bits per heavy atom. The van der Waals surface area contributed by atoms with Crippen molar-refractivity contribution in [2.75, 3.05) is 13.2 Å². The molecule has 1 N–H and O–H groups in total. The standard InChI is InChI=1S/C20H21N3O4S/c1-4-23-10-21-19-16(20(23)25)11(2)17(28-19)18(24)22-12(3)13-5-6-14-15(9-13)27-8-7-26-14/h5-6,9-10,12H,4,7-8H2,1-3H3,(H,22,24). The first-order valence-electron chi connectivity index (χ1n) is 9.18. The van der Waals surface area contributed by atoms with Crippen LogP contribution in [0.5, 0.6) is 11.5 Å². The third-order valence-corrected chi connectivity index (χ3v) is 6.08. The average Bonchev–Trinajstić information content (AvgIpc) is 3.05. The van der Waals surface area contributed by atoms with E-state index in [1.165, 1.54) is 17.7 Å². The molecular formula is C20H21N3O4S. The number of aromatic nitrogens is 2. The molecule has 7 nitrogen and oxygen atoms in total. The molecule has 0 saturated heterocycles. The Kier molecular flexibility index (Phi) is 4.80. The van der Waals surface area contributed by atoms with E-state index in [0.717, 1.165) is 5.56 Å². The van der Waals surface area contributed by atoms with Gasteiger partial charge in [-0.1, -0.05) is 6.07 Å². The van der Waals surface area contributed by atoms with Crippen LogP contribution in [0.4, 0.5) is 0 Å². The van der Waals surface area contributed by atoms with Crippen molar-refractivity contribution in [3.63, 3.8) is 0 Å². The van der Waals surface area contributed by atoms with Gasteiger partial charge in [-0.05, 0) is 44.0 Å². The second-order valence-corrected chi connectivity index (χ2v) is 7.67. The summed E-state index contributed by atoms with van der Waals surface area (Å²) in [5.74, 6) is 1.18. The summed E-state index contributed by atoms with van der Waals surface area (Å²) in [5.41, 5.74) is 1.48. The maximum absolute atomic E-state index is 12.9. The maximum atomic E-state index is 12.9. The Bertz CT molecular complexity index is 1120. The molecule has 1 aliphatic rings. The summed E-state index contributed by atoms with van der Waals surface area (Å²) in [6, 6.07) is 5.43. The van der Waals surface area contributed by atoms with Crippen LogP contribution in [0.3, 0.4) is 0 Å². The zero-order valence-corrected chi connectivity index (χ0v) is 16.8. The van der Waals surface area contributed by atoms with E-state index < -0.39 is 0 Å². The first-order valence-corrected chi connectivity index (χ1v) is 10.00. The number of hydrogen-bond donors (Lipinski definition) is 1. The zero-order valence-electron chi connectivity index (χ0n) is 15.9. The van der Waals surface area contributed by atoms with Crippen LogP contribution in [0.2, 0.25) is 0 Å². The minimum absolute atomic E-state index is 0.111. The number of rotatable bonds is 4. The summed E-state index contributed by atoms with van der Waals surface area (Å²) in [5, 5.41) is 3.53. The monoisotopic (exact) mass is 399 g/mol. The highest BCUT2D eigenvalue weighted by molar-refractivity contribution is 7.20. The van der Waals surface area contributed by atoms with Gasteiger partial charge in [0.2, 0.25) is 0 Å². The first-order chi connectivity index (χ1) is 13.5. The second kappa shape index (κ2) is 7.27. The Hall–Kier alpha value is -2.87. The SMILES string of the molecule is CCn1cnc2sc(C(=O)NC(C)c3ccc4c(c3)OCCO4)c(C)c2c1=O. The quantitative estimate of drug-likeness (QED) is 0.729. The van der Waals surface area contributed by atoms with Crippen LogP contribution in [0.15, 0.2) is 29.3 Å². The molecule has 1 unspecified atom stereocenters. The van der Waals surface area contributed by atoms with Gasteiger partial charge in [0.1, 0.15) is 18.0 Å². The van der Waals surface area contributed by atoms with Gasteiger partial charge in [0.15, 0.2) is 11.5 Å². The summed E-state index contributed by atoms with van der Waals surface area (Å²) < 4.78 is 12.7. The molecule has 2 aromatic heterocycles. The van der Waals surface area contributed by atoms with Gasteiger partial charge >= 0.3 is 0 Å². The van der Waals surface area contributed by atoms with Crippen LogP contribution in [0, 0.1) is 6.92 Å². The lowest BCUT2D eigenvalue weighted by atomic mass is 10.1. The van der Waals surface area contributed by atoms with Crippen molar-refractivity contribution in [3.8, 4) is 11.5 Å². The summed E-state index contributed by atoms with van der Waals surface area (Å²) in [6.07, 6.45) is 1.53. The molecule has 146 valence electrons. The molecule has 4 rings (SSSR count). The molecule has 0 radical (unpaired) electrons. The third-order valence-electron chi connectivity index (χ3n) is 4.88. The Morgan fingerprint density at radius 1 is 1.32 bits per heavy atom. The predicted octanol–water partition coefficient (Wildman–Crippen LogP) is 3.05. The molecule has 3 heterocycles. The van der Waals surface area contributed by atoms with E-state index in [1.807, 2.05) is 32.0 Å². The highest BCUT2D eigenvalue weighted by atomic mass is 32.1. The highest BCUT2D eigenvalue weighted by Crippen LogP contribution is 2.33. The van der Waals surface area contributed by atoms with E-state index in [-0.39, 0.29) is 17.5 Å². The average molecular weight is 399 g/mol. The van der Waals surface area contributed by atoms with Gasteiger partial charge in [0.05, 0.1) is 22.6 Å². The number of nitrogens with zero attached hydrogens (tertiary/aromatic N) is 2. The van der Waals surface area contributed by atoms with Gasteiger partial charge in [0, 0.05) is 6.54 Å². The molecule has 0 bridgehead atoms. The molecule has 1 amide bonds. The van der Waals surface area contributed by atoms with E-state index >= 15 is 0 Å². The molecular weight excluding hydrogens is 378 g/mol. The number of aryl methyl sites for hydroxylation is 2. The number of fused-ring (bicyclic) bond motifs is 2. The van der Waals surface area contributed by atoms with Gasteiger partial charge in [-0.15, -0.1) is 11.3 Å². The molecule has 28 heavy (non-hydrogen) atoms. The molecule has 0 spiro atoms. The van der Waals surface area contributed by atoms with Crippen molar-refractivity contribution in [2.45, 2.75) is 33.4 Å². The lowest BCUT2D eigenvalue weighted by Crippen LogP contribution is -2.27. The molecule has 0 fully saturated rings. The first kappa shape index (κ1) is 18.5. The lowest BCUT2D eigenvalue weighted by Gasteiger charge is -2.21. The summed E-state index contributed by atoms with van der Waals surface area (Å²) in [4.78, 5) is 30.9. The van der Waals surface area contributed by atoms with Crippen molar-refractivity contribution in [1.82, 2.24) is 14.9 Å². The highest BCUT2D eigenvalue weighted by Gasteiger charge is 2.22. The summed E-state index contributed by atoms with van der Waals surface area (Å²) in [7, 11) is 0. The lowest BCUT2D eigenvalue weighted by molar-refractivity contribution is 0.0943. The normalized spacial score (nSPS) is 14.1. The van der Waals surface area contributed by atoms with E-state index in [0.29, 0.717) is 51.9 Å². The van der Waals surface area contributed by atoms with Gasteiger partial charge in [-0.25, -0.2) is 4.98 Å². The Morgan fingerprint density at radius 3 is 2.82 bits per heavy atom. The predicted molar refractivity (Wildman–Crippen MR) is 108 cm³/mol. The number of ether oxygens (including phenoxy) is 2. The Balaban J connectivity index is 1.61. The van der Waals surface area contributed by atoms with Crippen molar-refractivity contribution >= 4 is 27.5 Å². The smallest absolute Gasteiger partial charge is 0.262 e. The van der Waals surface area contributed by atoms with Crippen molar-refractivity contribution in [2.24, 2.45) is 0 Å². The number of amides is 1. The minimum Gasteiger partial charge on any atom is -0.486 e. The van der Waals surface area contributed by atoms with Crippen LogP contribution >= 0.6 is 11.3 Å². The van der Waals surface area contributed by atoms with Crippen LogP contribution in [0.25, 0.3) is 10.2 Å². The van der Waals surface area contributed by atoms with E-state index in [1.54, 1.807) is 11.5 Å².